The molecule has 0 saturated carbocycles. The normalized spacial score (nSPS) is 11.8. The number of methoxy groups -OCH3 is 1. The van der Waals surface area contributed by atoms with Crippen molar-refractivity contribution in [1.29, 1.82) is 0 Å². The molecule has 2 aromatic carbocycles. The van der Waals surface area contributed by atoms with Gasteiger partial charge in [0.15, 0.2) is 5.13 Å². The van der Waals surface area contributed by atoms with Crippen LogP contribution in [0.5, 0.6) is 5.75 Å². The minimum atomic E-state index is -0.772. The smallest absolute Gasteiger partial charge is 0.251 e. The average molecular weight is 442 g/mol. The maximum absolute atomic E-state index is 13.1. The van der Waals surface area contributed by atoms with E-state index in [1.165, 1.54) is 35.6 Å². The largest absolute Gasteiger partial charge is 0.497 e. The van der Waals surface area contributed by atoms with Crippen LogP contribution in [0.2, 0.25) is 0 Å². The van der Waals surface area contributed by atoms with Crippen LogP contribution in [0.1, 0.15) is 29.1 Å². The van der Waals surface area contributed by atoms with Gasteiger partial charge in [0.2, 0.25) is 5.91 Å². The molecule has 0 aliphatic heterocycles. The fourth-order valence-corrected chi connectivity index (χ4v) is 3.85. The number of benzene rings is 2. The zero-order valence-corrected chi connectivity index (χ0v) is 18.5. The number of thiazole rings is 1. The number of anilines is 1. The highest BCUT2D eigenvalue weighted by Crippen LogP contribution is 2.31. The van der Waals surface area contributed by atoms with Crippen LogP contribution in [-0.2, 0) is 4.79 Å². The Labute approximate surface area is 184 Å². The lowest BCUT2D eigenvalue weighted by Gasteiger charge is -2.21. The Morgan fingerprint density at radius 1 is 1.06 bits per heavy atom. The van der Waals surface area contributed by atoms with E-state index in [0.29, 0.717) is 5.13 Å². The van der Waals surface area contributed by atoms with Crippen molar-refractivity contribution >= 4 is 28.3 Å². The van der Waals surface area contributed by atoms with Gasteiger partial charge in [0, 0.05) is 16.0 Å². The van der Waals surface area contributed by atoms with Crippen molar-refractivity contribution in [2.45, 2.75) is 26.8 Å². The quantitative estimate of drug-likeness (QED) is 0.559. The molecule has 0 unspecified atom stereocenters. The molecule has 1 heterocycles. The second-order valence-electron chi connectivity index (χ2n) is 7.34. The Kier molecular flexibility index (Phi) is 7.02. The summed E-state index contributed by atoms with van der Waals surface area (Å²) in [4.78, 5) is 30.9. The summed E-state index contributed by atoms with van der Waals surface area (Å²) >= 11 is 1.36. The van der Waals surface area contributed by atoms with E-state index in [0.717, 1.165) is 21.9 Å². The number of ether oxygens (including phenoxy) is 1. The van der Waals surface area contributed by atoms with Gasteiger partial charge in [-0.1, -0.05) is 13.8 Å². The van der Waals surface area contributed by atoms with Gasteiger partial charge in [0.05, 0.1) is 12.8 Å². The fourth-order valence-electron chi connectivity index (χ4n) is 3.01. The number of aromatic nitrogens is 1. The zero-order valence-electron chi connectivity index (χ0n) is 17.7. The molecule has 1 aromatic heterocycles. The molecule has 0 saturated heterocycles. The number of carbonyl (C=O) groups excluding carboxylic acids is 2. The average Bonchev–Trinajstić information content (AvgIpc) is 3.11. The molecule has 3 rings (SSSR count). The van der Waals surface area contributed by atoms with Crippen molar-refractivity contribution in [1.82, 2.24) is 10.3 Å². The zero-order chi connectivity index (χ0) is 22.5. The monoisotopic (exact) mass is 441 g/mol. The van der Waals surface area contributed by atoms with Crippen molar-refractivity contribution < 1.29 is 18.7 Å². The van der Waals surface area contributed by atoms with E-state index in [9.17, 15) is 14.0 Å². The Morgan fingerprint density at radius 3 is 2.29 bits per heavy atom. The van der Waals surface area contributed by atoms with Crippen LogP contribution >= 0.6 is 11.3 Å². The maximum atomic E-state index is 13.1. The van der Waals surface area contributed by atoms with Gasteiger partial charge in [0.25, 0.3) is 5.91 Å². The third-order valence-electron chi connectivity index (χ3n) is 4.73. The van der Waals surface area contributed by atoms with Crippen molar-refractivity contribution in [3.05, 3.63) is 64.8 Å². The Morgan fingerprint density at radius 2 is 1.71 bits per heavy atom. The van der Waals surface area contributed by atoms with Gasteiger partial charge in [-0.05, 0) is 61.4 Å². The lowest BCUT2D eigenvalue weighted by atomic mass is 10.0. The van der Waals surface area contributed by atoms with E-state index >= 15 is 0 Å². The summed E-state index contributed by atoms with van der Waals surface area (Å²) in [7, 11) is 1.61. The number of rotatable bonds is 7. The minimum absolute atomic E-state index is 0.161. The molecule has 0 aliphatic carbocycles. The maximum Gasteiger partial charge on any atom is 0.251 e. The summed E-state index contributed by atoms with van der Waals surface area (Å²) in [6.07, 6.45) is 0. The van der Waals surface area contributed by atoms with E-state index in [4.69, 9.17) is 4.74 Å². The highest BCUT2D eigenvalue weighted by Gasteiger charge is 2.26. The van der Waals surface area contributed by atoms with Crippen molar-refractivity contribution in [2.75, 3.05) is 12.4 Å². The SMILES string of the molecule is COc1ccc(-c2nc(NC(=O)[C@@H](NC(=O)c3ccc(F)cc3)C(C)C)sc2C)cc1. The summed E-state index contributed by atoms with van der Waals surface area (Å²) in [5.74, 6) is -0.640. The van der Waals surface area contributed by atoms with Crippen molar-refractivity contribution in [3.8, 4) is 17.0 Å². The Bertz CT molecular complexity index is 1060. The first-order valence-corrected chi connectivity index (χ1v) is 10.6. The fraction of sp³-hybridized carbons (Fsp3) is 0.261. The van der Waals surface area contributed by atoms with E-state index in [2.05, 4.69) is 15.6 Å². The van der Waals surface area contributed by atoms with Gasteiger partial charge in [0.1, 0.15) is 17.6 Å². The van der Waals surface area contributed by atoms with E-state index in [-0.39, 0.29) is 17.4 Å². The summed E-state index contributed by atoms with van der Waals surface area (Å²) in [5.41, 5.74) is 1.98. The summed E-state index contributed by atoms with van der Waals surface area (Å²) in [6.45, 7) is 5.61. The number of halogens is 1. The predicted octanol–water partition coefficient (Wildman–Crippen LogP) is 4.66. The topological polar surface area (TPSA) is 80.3 Å². The van der Waals surface area contributed by atoms with Gasteiger partial charge >= 0.3 is 0 Å². The number of aryl methyl sites for hydroxylation is 1. The Balaban J connectivity index is 1.73. The van der Waals surface area contributed by atoms with Gasteiger partial charge < -0.3 is 15.4 Å². The van der Waals surface area contributed by atoms with Gasteiger partial charge in [-0.2, -0.15) is 0 Å². The molecule has 0 aliphatic rings. The number of amides is 2. The van der Waals surface area contributed by atoms with Crippen LogP contribution in [0.25, 0.3) is 11.3 Å². The van der Waals surface area contributed by atoms with Gasteiger partial charge in [-0.15, -0.1) is 11.3 Å². The van der Waals surface area contributed by atoms with Gasteiger partial charge in [-0.3, -0.25) is 9.59 Å². The second-order valence-corrected chi connectivity index (χ2v) is 8.55. The summed E-state index contributed by atoms with van der Waals surface area (Å²) < 4.78 is 18.3. The molecule has 0 bridgehead atoms. The molecule has 3 aromatic rings. The second kappa shape index (κ2) is 9.70. The highest BCUT2D eigenvalue weighted by molar-refractivity contribution is 7.16. The highest BCUT2D eigenvalue weighted by atomic mass is 32.1. The first kappa shape index (κ1) is 22.4. The molecule has 6 nitrogen and oxygen atoms in total. The first-order valence-electron chi connectivity index (χ1n) is 9.77. The van der Waals surface area contributed by atoms with E-state index < -0.39 is 17.8 Å². The molecular formula is C23H24FN3O3S. The molecular weight excluding hydrogens is 417 g/mol. The van der Waals surface area contributed by atoms with Crippen LogP contribution in [0.4, 0.5) is 9.52 Å². The van der Waals surface area contributed by atoms with Crippen LogP contribution in [0.15, 0.2) is 48.5 Å². The lowest BCUT2D eigenvalue weighted by molar-refractivity contribution is -0.118. The van der Waals surface area contributed by atoms with Crippen LogP contribution in [0.3, 0.4) is 0 Å². The summed E-state index contributed by atoms with van der Waals surface area (Å²) in [6, 6.07) is 11.9. The standard InChI is InChI=1S/C23H24FN3O3S/c1-13(2)19(25-21(28)16-5-9-17(24)10-6-16)22(29)27-23-26-20(14(3)31-23)15-7-11-18(30-4)12-8-15/h5-13,19H,1-4H3,(H,25,28)(H,26,27,29)/t19-/m0/s1. The molecule has 0 spiro atoms. The number of hydrogen-bond acceptors (Lipinski definition) is 5. The van der Waals surface area contributed by atoms with Crippen LogP contribution in [-0.4, -0.2) is 29.9 Å². The first-order chi connectivity index (χ1) is 14.8. The van der Waals surface area contributed by atoms with Crippen molar-refractivity contribution in [2.24, 2.45) is 5.92 Å². The molecule has 31 heavy (non-hydrogen) atoms. The minimum Gasteiger partial charge on any atom is -0.497 e. The summed E-state index contributed by atoms with van der Waals surface area (Å²) in [5, 5.41) is 5.99. The molecule has 8 heteroatoms. The van der Waals surface area contributed by atoms with E-state index in [1.54, 1.807) is 7.11 Å². The van der Waals surface area contributed by atoms with Crippen LogP contribution in [0, 0.1) is 18.7 Å². The molecule has 162 valence electrons. The van der Waals surface area contributed by atoms with Crippen molar-refractivity contribution in [3.63, 3.8) is 0 Å². The number of carbonyl (C=O) groups is 2. The molecule has 2 amide bonds. The third-order valence-corrected chi connectivity index (χ3v) is 5.62. The number of nitrogens with zero attached hydrogens (tertiary/aromatic N) is 1. The lowest BCUT2D eigenvalue weighted by Crippen LogP contribution is -2.47. The Hall–Kier alpha value is -3.26. The molecule has 0 fully saturated rings. The van der Waals surface area contributed by atoms with E-state index in [1.807, 2.05) is 45.0 Å². The van der Waals surface area contributed by atoms with Crippen LogP contribution < -0.4 is 15.4 Å². The molecule has 1 atom stereocenters. The number of nitrogens with one attached hydrogen (secondary N) is 2. The van der Waals surface area contributed by atoms with Gasteiger partial charge in [-0.25, -0.2) is 9.37 Å². The number of hydrogen-bond donors (Lipinski definition) is 2. The predicted molar refractivity (Wildman–Crippen MR) is 120 cm³/mol. The third kappa shape index (κ3) is 5.46. The molecule has 2 N–H and O–H groups in total. The molecule has 0 radical (unpaired) electrons.